The number of carbonyl (C=O) groups excluding carboxylic acids is 1. The molecule has 0 saturated heterocycles. The Morgan fingerprint density at radius 1 is 1.20 bits per heavy atom. The Morgan fingerprint density at radius 3 is 2.30 bits per heavy atom. The highest BCUT2D eigenvalue weighted by atomic mass is 79.9. The summed E-state index contributed by atoms with van der Waals surface area (Å²) in [6.45, 7) is 3.85. The van der Waals surface area contributed by atoms with Gasteiger partial charge in [0.15, 0.2) is 11.6 Å². The number of halogens is 2. The highest BCUT2D eigenvalue weighted by molar-refractivity contribution is 9.10. The Balaban J connectivity index is 2.33. The number of benzene rings is 2. The zero-order chi connectivity index (χ0) is 14.9. The van der Waals surface area contributed by atoms with Crippen LogP contribution in [0.15, 0.2) is 34.8 Å². The number of carbonyl (C=O) groups is 1. The topological polar surface area (TPSA) is 52.3 Å². The second kappa shape index (κ2) is 5.63. The van der Waals surface area contributed by atoms with Crippen molar-refractivity contribution in [3.63, 3.8) is 0 Å². The van der Waals surface area contributed by atoms with Crippen LogP contribution in [0.25, 0.3) is 0 Å². The van der Waals surface area contributed by atoms with Crippen molar-refractivity contribution in [2.75, 3.05) is 0 Å². The molecule has 5 heteroatoms. The molecule has 0 fully saturated rings. The SMILES string of the molecule is Cc1cc(Oc2ccc(C(N)=O)cc2F)cc(C)c1Br. The number of aryl methyl sites for hydroxylation is 2. The van der Waals surface area contributed by atoms with E-state index < -0.39 is 11.7 Å². The summed E-state index contributed by atoms with van der Waals surface area (Å²) in [5, 5.41) is 0. The normalized spacial score (nSPS) is 10.4. The molecule has 0 aromatic heterocycles. The largest absolute Gasteiger partial charge is 0.454 e. The van der Waals surface area contributed by atoms with Gasteiger partial charge in [-0.15, -0.1) is 0 Å². The Labute approximate surface area is 124 Å². The van der Waals surface area contributed by atoms with Crippen molar-refractivity contribution in [1.82, 2.24) is 0 Å². The first-order valence-corrected chi connectivity index (χ1v) is 6.71. The number of ether oxygens (including phenoxy) is 1. The molecule has 0 bridgehead atoms. The maximum absolute atomic E-state index is 13.8. The summed E-state index contributed by atoms with van der Waals surface area (Å²) in [6, 6.07) is 7.49. The fraction of sp³-hybridized carbons (Fsp3) is 0.133. The molecule has 20 heavy (non-hydrogen) atoms. The predicted octanol–water partition coefficient (Wildman–Crippen LogP) is 4.10. The lowest BCUT2D eigenvalue weighted by atomic mass is 10.1. The van der Waals surface area contributed by atoms with Crippen molar-refractivity contribution in [3.8, 4) is 11.5 Å². The fourth-order valence-electron chi connectivity index (χ4n) is 1.83. The molecule has 0 heterocycles. The molecule has 0 spiro atoms. The number of rotatable bonds is 3. The van der Waals surface area contributed by atoms with E-state index in [9.17, 15) is 9.18 Å². The van der Waals surface area contributed by atoms with Gasteiger partial charge in [-0.05, 0) is 55.3 Å². The summed E-state index contributed by atoms with van der Waals surface area (Å²) >= 11 is 3.46. The maximum Gasteiger partial charge on any atom is 0.248 e. The van der Waals surface area contributed by atoms with Gasteiger partial charge in [0.1, 0.15) is 5.75 Å². The zero-order valence-electron chi connectivity index (χ0n) is 11.0. The molecule has 0 aliphatic rings. The van der Waals surface area contributed by atoms with Crippen LogP contribution >= 0.6 is 15.9 Å². The molecule has 0 unspecified atom stereocenters. The molecule has 2 aromatic carbocycles. The average molecular weight is 338 g/mol. The van der Waals surface area contributed by atoms with Gasteiger partial charge in [0, 0.05) is 10.0 Å². The number of hydrogen-bond donors (Lipinski definition) is 1. The van der Waals surface area contributed by atoms with Gasteiger partial charge in [-0.2, -0.15) is 0 Å². The first-order valence-electron chi connectivity index (χ1n) is 5.92. The molecule has 2 aromatic rings. The average Bonchev–Trinajstić information content (AvgIpc) is 2.38. The lowest BCUT2D eigenvalue weighted by molar-refractivity contribution is 0.1000. The van der Waals surface area contributed by atoms with Crippen molar-refractivity contribution in [2.45, 2.75) is 13.8 Å². The summed E-state index contributed by atoms with van der Waals surface area (Å²) in [7, 11) is 0. The van der Waals surface area contributed by atoms with E-state index in [4.69, 9.17) is 10.5 Å². The monoisotopic (exact) mass is 337 g/mol. The van der Waals surface area contributed by atoms with Crippen LogP contribution in [0.4, 0.5) is 4.39 Å². The Kier molecular flexibility index (Phi) is 4.09. The second-order valence-electron chi connectivity index (χ2n) is 4.48. The van der Waals surface area contributed by atoms with Crippen LogP contribution < -0.4 is 10.5 Å². The van der Waals surface area contributed by atoms with Crippen molar-refractivity contribution in [3.05, 3.63) is 57.3 Å². The first-order chi connectivity index (χ1) is 9.38. The minimum absolute atomic E-state index is 0.0520. The molecule has 3 nitrogen and oxygen atoms in total. The van der Waals surface area contributed by atoms with Crippen molar-refractivity contribution in [2.24, 2.45) is 5.73 Å². The summed E-state index contributed by atoms with van der Waals surface area (Å²) < 4.78 is 20.3. The second-order valence-corrected chi connectivity index (χ2v) is 5.28. The molecular formula is C15H13BrFNO2. The third-order valence-corrected chi connectivity index (χ3v) is 4.11. The van der Waals surface area contributed by atoms with Gasteiger partial charge in [0.25, 0.3) is 0 Å². The van der Waals surface area contributed by atoms with E-state index in [0.29, 0.717) is 5.75 Å². The van der Waals surface area contributed by atoms with Crippen molar-refractivity contribution in [1.29, 1.82) is 0 Å². The van der Waals surface area contributed by atoms with Crippen molar-refractivity contribution < 1.29 is 13.9 Å². The molecule has 0 atom stereocenters. The summed E-state index contributed by atoms with van der Waals surface area (Å²) in [5.74, 6) is -0.713. The van der Waals surface area contributed by atoms with Crippen molar-refractivity contribution >= 4 is 21.8 Å². The van der Waals surface area contributed by atoms with E-state index >= 15 is 0 Å². The van der Waals surface area contributed by atoms with Gasteiger partial charge in [-0.3, -0.25) is 4.79 Å². The molecule has 0 radical (unpaired) electrons. The maximum atomic E-state index is 13.8. The van der Waals surface area contributed by atoms with Crippen LogP contribution in [0.1, 0.15) is 21.5 Å². The van der Waals surface area contributed by atoms with Gasteiger partial charge in [0.05, 0.1) is 0 Å². The molecule has 2 rings (SSSR count). The van der Waals surface area contributed by atoms with Gasteiger partial charge in [-0.25, -0.2) is 4.39 Å². The minimum Gasteiger partial charge on any atom is -0.454 e. The van der Waals surface area contributed by atoms with Crippen LogP contribution in [-0.2, 0) is 0 Å². The number of primary amides is 1. The van der Waals surface area contributed by atoms with E-state index in [1.807, 2.05) is 13.8 Å². The van der Waals surface area contributed by atoms with Crippen LogP contribution in [0.2, 0.25) is 0 Å². The lowest BCUT2D eigenvalue weighted by Crippen LogP contribution is -2.11. The molecule has 0 aliphatic heterocycles. The van der Waals surface area contributed by atoms with E-state index in [0.717, 1.165) is 21.7 Å². The third-order valence-electron chi connectivity index (χ3n) is 2.85. The molecular weight excluding hydrogens is 325 g/mol. The van der Waals surface area contributed by atoms with Gasteiger partial charge in [0.2, 0.25) is 5.91 Å². The number of hydrogen-bond acceptors (Lipinski definition) is 2. The molecule has 1 amide bonds. The summed E-state index contributed by atoms with van der Waals surface area (Å²) in [4.78, 5) is 11.0. The minimum atomic E-state index is -0.675. The highest BCUT2D eigenvalue weighted by Crippen LogP contribution is 2.30. The van der Waals surface area contributed by atoms with Crippen LogP contribution in [0.3, 0.4) is 0 Å². The Hall–Kier alpha value is -1.88. The predicted molar refractivity (Wildman–Crippen MR) is 78.6 cm³/mol. The highest BCUT2D eigenvalue weighted by Gasteiger charge is 2.10. The standard InChI is InChI=1S/C15H13BrFNO2/c1-8-5-11(6-9(2)14(8)16)20-13-4-3-10(15(18)19)7-12(13)17/h3-7H,1-2H3,(H2,18,19). The number of nitrogens with two attached hydrogens (primary N) is 1. The molecule has 104 valence electrons. The Morgan fingerprint density at radius 2 is 1.80 bits per heavy atom. The summed E-state index contributed by atoms with van der Waals surface area (Å²) in [5.41, 5.74) is 7.19. The third kappa shape index (κ3) is 2.99. The Bertz CT molecular complexity index is 663. The molecule has 0 saturated carbocycles. The fourth-order valence-corrected chi connectivity index (χ4v) is 2.06. The van der Waals surface area contributed by atoms with Crippen LogP contribution in [0, 0.1) is 19.7 Å². The lowest BCUT2D eigenvalue weighted by Gasteiger charge is -2.11. The van der Waals surface area contributed by atoms with E-state index in [-0.39, 0.29) is 11.3 Å². The van der Waals surface area contributed by atoms with Gasteiger partial charge < -0.3 is 10.5 Å². The van der Waals surface area contributed by atoms with Crippen LogP contribution in [-0.4, -0.2) is 5.91 Å². The smallest absolute Gasteiger partial charge is 0.248 e. The molecule has 2 N–H and O–H groups in total. The van der Waals surface area contributed by atoms with Gasteiger partial charge >= 0.3 is 0 Å². The van der Waals surface area contributed by atoms with Gasteiger partial charge in [-0.1, -0.05) is 15.9 Å². The molecule has 0 aliphatic carbocycles. The number of amides is 1. The van der Waals surface area contributed by atoms with E-state index in [1.54, 1.807) is 12.1 Å². The first kappa shape index (κ1) is 14.5. The van der Waals surface area contributed by atoms with Crippen LogP contribution in [0.5, 0.6) is 11.5 Å². The zero-order valence-corrected chi connectivity index (χ0v) is 12.6. The van der Waals surface area contributed by atoms with E-state index in [2.05, 4.69) is 15.9 Å². The van der Waals surface area contributed by atoms with E-state index in [1.165, 1.54) is 12.1 Å². The summed E-state index contributed by atoms with van der Waals surface area (Å²) in [6.07, 6.45) is 0. The quantitative estimate of drug-likeness (QED) is 0.916.